The molecule has 0 spiro atoms. The lowest BCUT2D eigenvalue weighted by atomic mass is 10.2. The molecule has 1 atom stereocenters. The van der Waals surface area contributed by atoms with Crippen molar-refractivity contribution in [2.45, 2.75) is 19.9 Å². The molecule has 2 heterocycles. The average Bonchev–Trinajstić information content (AvgIpc) is 2.58. The Morgan fingerprint density at radius 2 is 2.38 bits per heavy atom. The lowest BCUT2D eigenvalue weighted by Gasteiger charge is -2.31. The molecule has 0 unspecified atom stereocenters. The monoisotopic (exact) mass is 222 g/mol. The van der Waals surface area contributed by atoms with Crippen molar-refractivity contribution in [2.75, 3.05) is 19.6 Å². The van der Waals surface area contributed by atoms with Gasteiger partial charge in [0, 0.05) is 38.4 Å². The van der Waals surface area contributed by atoms with Gasteiger partial charge in [-0.1, -0.05) is 0 Å². The topological polar surface area (TPSA) is 50.2 Å². The molecular formula is C11H18N4O. The zero-order valence-corrected chi connectivity index (χ0v) is 10.0. The van der Waals surface area contributed by atoms with Gasteiger partial charge in [0.15, 0.2) is 5.69 Å². The molecule has 0 aromatic carbocycles. The van der Waals surface area contributed by atoms with Gasteiger partial charge < -0.3 is 10.2 Å². The van der Waals surface area contributed by atoms with Crippen LogP contribution in [0.1, 0.15) is 23.1 Å². The Hall–Kier alpha value is -1.36. The van der Waals surface area contributed by atoms with Crippen LogP contribution in [-0.2, 0) is 7.05 Å². The quantitative estimate of drug-likeness (QED) is 0.736. The summed E-state index contributed by atoms with van der Waals surface area (Å²) in [7, 11) is 1.85. The molecule has 5 heteroatoms. The number of piperazine rings is 1. The van der Waals surface area contributed by atoms with E-state index in [2.05, 4.69) is 17.3 Å². The molecule has 88 valence electrons. The van der Waals surface area contributed by atoms with Gasteiger partial charge in [0.25, 0.3) is 5.91 Å². The van der Waals surface area contributed by atoms with Crippen molar-refractivity contribution in [3.8, 4) is 0 Å². The van der Waals surface area contributed by atoms with Gasteiger partial charge >= 0.3 is 0 Å². The molecule has 0 bridgehead atoms. The molecule has 1 aliphatic heterocycles. The number of nitrogens with one attached hydrogen (secondary N) is 1. The molecule has 1 saturated heterocycles. The molecule has 0 saturated carbocycles. The first-order valence-electron chi connectivity index (χ1n) is 5.61. The van der Waals surface area contributed by atoms with Crippen LogP contribution in [0.4, 0.5) is 0 Å². The van der Waals surface area contributed by atoms with Crippen molar-refractivity contribution in [2.24, 2.45) is 7.05 Å². The first-order valence-corrected chi connectivity index (χ1v) is 5.61. The van der Waals surface area contributed by atoms with E-state index in [0.717, 1.165) is 25.3 Å². The van der Waals surface area contributed by atoms with Crippen LogP contribution < -0.4 is 5.32 Å². The van der Waals surface area contributed by atoms with Crippen LogP contribution in [-0.4, -0.2) is 46.3 Å². The fourth-order valence-corrected chi connectivity index (χ4v) is 1.94. The summed E-state index contributed by atoms with van der Waals surface area (Å²) < 4.78 is 1.73. The van der Waals surface area contributed by atoms with E-state index in [-0.39, 0.29) is 5.91 Å². The molecule has 0 aliphatic carbocycles. The number of rotatable bonds is 1. The second kappa shape index (κ2) is 4.25. The Balaban J connectivity index is 2.12. The number of aromatic nitrogens is 2. The lowest BCUT2D eigenvalue weighted by molar-refractivity contribution is 0.0702. The molecule has 16 heavy (non-hydrogen) atoms. The van der Waals surface area contributed by atoms with Crippen LogP contribution in [0.2, 0.25) is 0 Å². The maximum Gasteiger partial charge on any atom is 0.274 e. The zero-order chi connectivity index (χ0) is 11.7. The molecule has 0 radical (unpaired) electrons. The van der Waals surface area contributed by atoms with Gasteiger partial charge in [0.1, 0.15) is 0 Å². The maximum absolute atomic E-state index is 12.1. The Bertz CT molecular complexity index is 379. The summed E-state index contributed by atoms with van der Waals surface area (Å²) in [6, 6.07) is 2.21. The van der Waals surface area contributed by atoms with Crippen LogP contribution in [0.5, 0.6) is 0 Å². The number of nitrogens with zero attached hydrogens (tertiary/aromatic N) is 3. The van der Waals surface area contributed by atoms with Crippen molar-refractivity contribution in [3.63, 3.8) is 0 Å². The molecule has 1 amide bonds. The highest BCUT2D eigenvalue weighted by atomic mass is 16.2. The Morgan fingerprint density at radius 1 is 1.62 bits per heavy atom. The minimum atomic E-state index is 0.0389. The van der Waals surface area contributed by atoms with E-state index in [0.29, 0.717) is 11.7 Å². The number of carbonyl (C=O) groups is 1. The highest BCUT2D eigenvalue weighted by molar-refractivity contribution is 5.92. The standard InChI is InChI=1S/C11H18N4O/c1-8-7-15(5-4-12-8)11(16)10-6-9(2)14(3)13-10/h6,8,12H,4-5,7H2,1-3H3/t8-/m0/s1. The summed E-state index contributed by atoms with van der Waals surface area (Å²) in [6.07, 6.45) is 0. The molecule has 2 rings (SSSR count). The first kappa shape index (κ1) is 11.1. The lowest BCUT2D eigenvalue weighted by Crippen LogP contribution is -2.51. The summed E-state index contributed by atoms with van der Waals surface area (Å²) in [5.74, 6) is 0.0389. The van der Waals surface area contributed by atoms with Crippen molar-refractivity contribution in [1.29, 1.82) is 0 Å². The summed E-state index contributed by atoms with van der Waals surface area (Å²) in [5.41, 5.74) is 1.56. The number of aryl methyl sites for hydroxylation is 2. The third-order valence-corrected chi connectivity index (χ3v) is 2.99. The predicted octanol–water partition coefficient (Wildman–Crippen LogP) is 0.162. The smallest absolute Gasteiger partial charge is 0.274 e. The average molecular weight is 222 g/mol. The van der Waals surface area contributed by atoms with Crippen LogP contribution in [0.3, 0.4) is 0 Å². The van der Waals surface area contributed by atoms with Gasteiger partial charge in [0.2, 0.25) is 0 Å². The van der Waals surface area contributed by atoms with E-state index in [1.54, 1.807) is 4.68 Å². The van der Waals surface area contributed by atoms with Crippen LogP contribution in [0, 0.1) is 6.92 Å². The highest BCUT2D eigenvalue weighted by Gasteiger charge is 2.23. The molecule has 1 aliphatic rings. The molecule has 1 fully saturated rings. The Kier molecular flexibility index (Phi) is 2.96. The fraction of sp³-hybridized carbons (Fsp3) is 0.636. The van der Waals surface area contributed by atoms with E-state index in [4.69, 9.17) is 0 Å². The van der Waals surface area contributed by atoms with E-state index >= 15 is 0 Å². The SMILES string of the molecule is Cc1cc(C(=O)N2CCN[C@@H](C)C2)nn1C. The van der Waals surface area contributed by atoms with Gasteiger partial charge in [-0.25, -0.2) is 0 Å². The van der Waals surface area contributed by atoms with Gasteiger partial charge in [-0.3, -0.25) is 9.48 Å². The van der Waals surface area contributed by atoms with Crippen molar-refractivity contribution >= 4 is 5.91 Å². The first-order chi connectivity index (χ1) is 7.58. The number of amides is 1. The number of hydrogen-bond donors (Lipinski definition) is 1. The number of carbonyl (C=O) groups excluding carboxylic acids is 1. The summed E-state index contributed by atoms with van der Waals surface area (Å²) in [5, 5.41) is 7.53. The predicted molar refractivity (Wildman–Crippen MR) is 61.3 cm³/mol. The van der Waals surface area contributed by atoms with Crippen molar-refractivity contribution in [1.82, 2.24) is 20.0 Å². The van der Waals surface area contributed by atoms with Crippen LogP contribution in [0.25, 0.3) is 0 Å². The van der Waals surface area contributed by atoms with Crippen molar-refractivity contribution < 1.29 is 4.79 Å². The van der Waals surface area contributed by atoms with Gasteiger partial charge in [0.05, 0.1) is 0 Å². The summed E-state index contributed by atoms with van der Waals surface area (Å²) in [4.78, 5) is 14.0. The summed E-state index contributed by atoms with van der Waals surface area (Å²) >= 11 is 0. The van der Waals surface area contributed by atoms with E-state index in [1.807, 2.05) is 24.9 Å². The summed E-state index contributed by atoms with van der Waals surface area (Å²) in [6.45, 7) is 6.42. The largest absolute Gasteiger partial charge is 0.334 e. The Morgan fingerprint density at radius 3 is 2.94 bits per heavy atom. The highest BCUT2D eigenvalue weighted by Crippen LogP contribution is 2.08. The van der Waals surface area contributed by atoms with Gasteiger partial charge in [-0.05, 0) is 19.9 Å². The minimum absolute atomic E-state index is 0.0389. The number of hydrogen-bond acceptors (Lipinski definition) is 3. The molecule has 5 nitrogen and oxygen atoms in total. The maximum atomic E-state index is 12.1. The third-order valence-electron chi connectivity index (χ3n) is 2.99. The van der Waals surface area contributed by atoms with Crippen LogP contribution >= 0.6 is 0 Å². The normalized spacial score (nSPS) is 21.2. The second-order valence-corrected chi connectivity index (χ2v) is 4.40. The molecule has 1 aromatic rings. The van der Waals surface area contributed by atoms with Gasteiger partial charge in [-0.15, -0.1) is 0 Å². The fourth-order valence-electron chi connectivity index (χ4n) is 1.94. The Labute approximate surface area is 95.4 Å². The zero-order valence-electron chi connectivity index (χ0n) is 10.0. The van der Waals surface area contributed by atoms with Gasteiger partial charge in [-0.2, -0.15) is 5.10 Å². The third kappa shape index (κ3) is 2.09. The van der Waals surface area contributed by atoms with E-state index < -0.39 is 0 Å². The molecule has 1 aromatic heterocycles. The minimum Gasteiger partial charge on any atom is -0.334 e. The van der Waals surface area contributed by atoms with E-state index in [9.17, 15) is 4.79 Å². The van der Waals surface area contributed by atoms with E-state index in [1.165, 1.54) is 0 Å². The second-order valence-electron chi connectivity index (χ2n) is 4.40. The van der Waals surface area contributed by atoms with Crippen LogP contribution in [0.15, 0.2) is 6.07 Å². The molecule has 1 N–H and O–H groups in total. The molecular weight excluding hydrogens is 204 g/mol. The van der Waals surface area contributed by atoms with Crippen molar-refractivity contribution in [3.05, 3.63) is 17.5 Å².